The smallest absolute Gasteiger partial charge is 0.269 e. The molecule has 0 aliphatic rings. The van der Waals surface area contributed by atoms with Crippen LogP contribution in [0.15, 0.2) is 0 Å². The molecule has 0 unspecified atom stereocenters. The second-order valence-electron chi connectivity index (χ2n) is 2.68. The molecule has 0 spiro atoms. The molecule has 0 radical (unpaired) electrons. The maximum atomic E-state index is 11.4. The van der Waals surface area contributed by atoms with E-state index in [2.05, 4.69) is 41.5 Å². The number of amides is 1. The summed E-state index contributed by atoms with van der Waals surface area (Å²) in [5.41, 5.74) is 0. The van der Waals surface area contributed by atoms with Crippen LogP contribution in [0, 0.1) is 0 Å². The van der Waals surface area contributed by atoms with Crippen molar-refractivity contribution >= 4 is 11.9 Å². The average molecular weight is 209 g/mol. The van der Waals surface area contributed by atoms with Crippen LogP contribution in [0.5, 0.6) is 0 Å². The standard InChI is InChI=1S/C5H7N9O/c1-14-3(7-12-13-14)2-4(15)6-5-8-10-11-9-5/h2H2,1H3,(H2,6,8,9,10,11,15). The molecule has 2 aromatic rings. The predicted molar refractivity (Wildman–Crippen MR) is 45.3 cm³/mol. The number of nitrogens with zero attached hydrogens (tertiary/aromatic N) is 7. The summed E-state index contributed by atoms with van der Waals surface area (Å²) in [6.45, 7) is 0. The number of hydrogen-bond acceptors (Lipinski definition) is 7. The van der Waals surface area contributed by atoms with Crippen LogP contribution in [0.4, 0.5) is 5.95 Å². The molecule has 0 saturated carbocycles. The summed E-state index contributed by atoms with van der Waals surface area (Å²) in [4.78, 5) is 11.4. The third-order valence-electron chi connectivity index (χ3n) is 1.62. The Bertz CT molecular complexity index is 445. The normalized spacial score (nSPS) is 10.2. The first-order chi connectivity index (χ1) is 7.25. The molecule has 0 saturated heterocycles. The highest BCUT2D eigenvalue weighted by Gasteiger charge is 2.10. The summed E-state index contributed by atoms with van der Waals surface area (Å²) in [6.07, 6.45) is 0.0536. The summed E-state index contributed by atoms with van der Waals surface area (Å²) in [6, 6.07) is 0. The van der Waals surface area contributed by atoms with E-state index in [-0.39, 0.29) is 18.3 Å². The number of carbonyl (C=O) groups is 1. The number of aromatic amines is 1. The van der Waals surface area contributed by atoms with Crippen molar-refractivity contribution in [3.8, 4) is 0 Å². The van der Waals surface area contributed by atoms with Crippen molar-refractivity contribution in [1.82, 2.24) is 40.8 Å². The lowest BCUT2D eigenvalue weighted by atomic mass is 10.4. The Kier molecular flexibility index (Phi) is 2.31. The molecule has 0 atom stereocenters. The predicted octanol–water partition coefficient (Wildman–Crippen LogP) is -2.10. The minimum Gasteiger partial charge on any atom is -0.291 e. The fourth-order valence-electron chi connectivity index (χ4n) is 0.925. The zero-order valence-electron chi connectivity index (χ0n) is 7.75. The van der Waals surface area contributed by atoms with Crippen molar-refractivity contribution in [2.24, 2.45) is 7.05 Å². The Labute approximate surface area is 83.1 Å². The lowest BCUT2D eigenvalue weighted by Crippen LogP contribution is -2.17. The second-order valence-corrected chi connectivity index (χ2v) is 2.68. The van der Waals surface area contributed by atoms with Gasteiger partial charge in [-0.3, -0.25) is 10.1 Å². The molecule has 0 aromatic carbocycles. The van der Waals surface area contributed by atoms with Crippen LogP contribution < -0.4 is 5.32 Å². The second kappa shape index (κ2) is 3.77. The van der Waals surface area contributed by atoms with Gasteiger partial charge in [-0.2, -0.15) is 5.21 Å². The summed E-state index contributed by atoms with van der Waals surface area (Å²) in [5.74, 6) is 0.264. The van der Waals surface area contributed by atoms with Crippen molar-refractivity contribution in [3.05, 3.63) is 5.82 Å². The van der Waals surface area contributed by atoms with Gasteiger partial charge in [0.05, 0.1) is 6.42 Å². The zero-order chi connectivity index (χ0) is 10.7. The zero-order valence-corrected chi connectivity index (χ0v) is 7.75. The molecule has 10 heteroatoms. The first-order valence-electron chi connectivity index (χ1n) is 4.00. The Hall–Kier alpha value is -2.39. The van der Waals surface area contributed by atoms with Gasteiger partial charge in [-0.15, -0.1) is 10.2 Å². The Morgan fingerprint density at radius 1 is 1.53 bits per heavy atom. The van der Waals surface area contributed by atoms with Gasteiger partial charge in [0.2, 0.25) is 5.91 Å². The minimum atomic E-state index is -0.311. The molecular formula is C5H7N9O. The van der Waals surface area contributed by atoms with E-state index in [1.165, 1.54) is 4.68 Å². The summed E-state index contributed by atoms with van der Waals surface area (Å²) >= 11 is 0. The number of nitrogens with one attached hydrogen (secondary N) is 2. The number of tetrazole rings is 2. The molecule has 15 heavy (non-hydrogen) atoms. The minimum absolute atomic E-state index is 0.0536. The van der Waals surface area contributed by atoms with Crippen molar-refractivity contribution in [3.63, 3.8) is 0 Å². The van der Waals surface area contributed by atoms with E-state index in [1.807, 2.05) is 0 Å². The molecule has 2 rings (SSSR count). The molecule has 2 N–H and O–H groups in total. The van der Waals surface area contributed by atoms with Crippen molar-refractivity contribution in [1.29, 1.82) is 0 Å². The number of hydrogen-bond donors (Lipinski definition) is 2. The van der Waals surface area contributed by atoms with E-state index in [1.54, 1.807) is 7.05 Å². The van der Waals surface area contributed by atoms with Crippen LogP contribution in [-0.2, 0) is 18.3 Å². The Balaban J connectivity index is 1.96. The molecule has 2 aromatic heterocycles. The van der Waals surface area contributed by atoms with E-state index in [0.29, 0.717) is 5.82 Å². The van der Waals surface area contributed by atoms with Crippen molar-refractivity contribution in [2.45, 2.75) is 6.42 Å². The fraction of sp³-hybridized carbons (Fsp3) is 0.400. The highest BCUT2D eigenvalue weighted by molar-refractivity contribution is 5.89. The molecule has 0 bridgehead atoms. The molecule has 1 amide bonds. The van der Waals surface area contributed by atoms with Gasteiger partial charge in [-0.05, 0) is 15.6 Å². The molecule has 0 aliphatic carbocycles. The van der Waals surface area contributed by atoms with Crippen LogP contribution in [0.25, 0.3) is 0 Å². The maximum Gasteiger partial charge on any atom is 0.269 e. The van der Waals surface area contributed by atoms with Gasteiger partial charge in [0.15, 0.2) is 5.82 Å². The van der Waals surface area contributed by atoms with Crippen molar-refractivity contribution in [2.75, 3.05) is 5.32 Å². The molecule has 78 valence electrons. The topological polar surface area (TPSA) is 127 Å². The SMILES string of the molecule is Cn1nnnc1CC(=O)Nc1nn[nH]n1. The van der Waals surface area contributed by atoms with Crippen LogP contribution in [0.2, 0.25) is 0 Å². The van der Waals surface area contributed by atoms with E-state index >= 15 is 0 Å². The number of carbonyl (C=O) groups excluding carboxylic acids is 1. The highest BCUT2D eigenvalue weighted by Crippen LogP contribution is 1.95. The van der Waals surface area contributed by atoms with Crippen LogP contribution in [0.3, 0.4) is 0 Å². The van der Waals surface area contributed by atoms with Gasteiger partial charge >= 0.3 is 0 Å². The third-order valence-corrected chi connectivity index (χ3v) is 1.62. The Morgan fingerprint density at radius 2 is 2.40 bits per heavy atom. The number of H-pyrrole nitrogens is 1. The van der Waals surface area contributed by atoms with Crippen LogP contribution in [-0.4, -0.2) is 46.7 Å². The molecule has 0 aliphatic heterocycles. The summed E-state index contributed by atoms with van der Waals surface area (Å²) < 4.78 is 1.41. The number of aromatic nitrogens is 8. The quantitative estimate of drug-likeness (QED) is 0.592. The van der Waals surface area contributed by atoms with Crippen molar-refractivity contribution < 1.29 is 4.79 Å². The first-order valence-corrected chi connectivity index (χ1v) is 4.00. The number of anilines is 1. The monoisotopic (exact) mass is 209 g/mol. The average Bonchev–Trinajstić information content (AvgIpc) is 2.79. The highest BCUT2D eigenvalue weighted by atomic mass is 16.1. The van der Waals surface area contributed by atoms with Gasteiger partial charge in [0.25, 0.3) is 5.95 Å². The molecule has 10 nitrogen and oxygen atoms in total. The lowest BCUT2D eigenvalue weighted by Gasteiger charge is -1.98. The summed E-state index contributed by atoms with van der Waals surface area (Å²) in [7, 11) is 1.65. The van der Waals surface area contributed by atoms with Gasteiger partial charge in [0.1, 0.15) is 0 Å². The van der Waals surface area contributed by atoms with Crippen LogP contribution in [0.1, 0.15) is 5.82 Å². The van der Waals surface area contributed by atoms with Gasteiger partial charge in [-0.25, -0.2) is 4.68 Å². The lowest BCUT2D eigenvalue weighted by molar-refractivity contribution is -0.115. The van der Waals surface area contributed by atoms with E-state index in [0.717, 1.165) is 0 Å². The first kappa shape index (κ1) is 9.18. The molecular weight excluding hydrogens is 202 g/mol. The largest absolute Gasteiger partial charge is 0.291 e. The van der Waals surface area contributed by atoms with E-state index < -0.39 is 0 Å². The molecule has 2 heterocycles. The summed E-state index contributed by atoms with van der Waals surface area (Å²) in [5, 5.41) is 25.7. The third kappa shape index (κ3) is 2.10. The van der Waals surface area contributed by atoms with E-state index in [9.17, 15) is 4.79 Å². The van der Waals surface area contributed by atoms with Gasteiger partial charge in [-0.1, -0.05) is 5.10 Å². The Morgan fingerprint density at radius 3 is 3.00 bits per heavy atom. The van der Waals surface area contributed by atoms with Crippen LogP contribution >= 0.6 is 0 Å². The van der Waals surface area contributed by atoms with E-state index in [4.69, 9.17) is 0 Å². The number of aryl methyl sites for hydroxylation is 1. The van der Waals surface area contributed by atoms with Gasteiger partial charge in [0, 0.05) is 7.05 Å². The fourth-order valence-corrected chi connectivity index (χ4v) is 0.925. The molecule has 0 fully saturated rings. The van der Waals surface area contributed by atoms with Gasteiger partial charge < -0.3 is 0 Å². The number of rotatable bonds is 3. The maximum absolute atomic E-state index is 11.4.